The third-order valence-corrected chi connectivity index (χ3v) is 2.17. The highest BCUT2D eigenvalue weighted by molar-refractivity contribution is 4.58. The third-order valence-electron chi connectivity index (χ3n) is 2.17. The van der Waals surface area contributed by atoms with Crippen LogP contribution in [0.2, 0.25) is 0 Å². The largest absolute Gasteiger partial charge is 0.394 e. The summed E-state index contributed by atoms with van der Waals surface area (Å²) in [6.07, 6.45) is -1.09. The van der Waals surface area contributed by atoms with Gasteiger partial charge in [0.25, 0.3) is 0 Å². The number of aliphatic hydroxyl groups excluding tert-OH is 3. The van der Waals surface area contributed by atoms with Crippen LogP contribution in [0.1, 0.15) is 13.3 Å². The van der Waals surface area contributed by atoms with Crippen molar-refractivity contribution in [2.24, 2.45) is 0 Å². The van der Waals surface area contributed by atoms with E-state index in [9.17, 15) is 10.2 Å². The second-order valence-electron chi connectivity index (χ2n) is 3.85. The molecule has 0 rings (SSSR count). The quantitative estimate of drug-likeness (QED) is 0.444. The fraction of sp³-hybridized carbons (Fsp3) is 1.00. The zero-order chi connectivity index (χ0) is 13.1. The molecular formula is C11H24O6. The van der Waals surface area contributed by atoms with Gasteiger partial charge in [-0.1, -0.05) is 6.92 Å². The maximum atomic E-state index is 9.49. The molecule has 104 valence electrons. The van der Waals surface area contributed by atoms with Crippen molar-refractivity contribution in [3.63, 3.8) is 0 Å². The van der Waals surface area contributed by atoms with Gasteiger partial charge in [-0.05, 0) is 6.42 Å². The van der Waals surface area contributed by atoms with E-state index >= 15 is 0 Å². The van der Waals surface area contributed by atoms with Crippen molar-refractivity contribution in [2.45, 2.75) is 31.7 Å². The first-order valence-electron chi connectivity index (χ1n) is 5.79. The van der Waals surface area contributed by atoms with Gasteiger partial charge in [0.05, 0.1) is 39.1 Å². The van der Waals surface area contributed by atoms with Crippen molar-refractivity contribution in [1.29, 1.82) is 0 Å². The van der Waals surface area contributed by atoms with Gasteiger partial charge in [-0.2, -0.15) is 0 Å². The first-order chi connectivity index (χ1) is 8.13. The van der Waals surface area contributed by atoms with E-state index in [1.807, 2.05) is 6.92 Å². The second kappa shape index (κ2) is 10.9. The van der Waals surface area contributed by atoms with Crippen molar-refractivity contribution in [3.8, 4) is 0 Å². The summed E-state index contributed by atoms with van der Waals surface area (Å²) in [5.74, 6) is 0. The average Bonchev–Trinajstić information content (AvgIpc) is 2.34. The van der Waals surface area contributed by atoms with Crippen LogP contribution in [-0.2, 0) is 14.2 Å². The Bertz CT molecular complexity index is 166. The summed E-state index contributed by atoms with van der Waals surface area (Å²) >= 11 is 0. The van der Waals surface area contributed by atoms with E-state index in [1.54, 1.807) is 0 Å². The van der Waals surface area contributed by atoms with E-state index in [1.165, 1.54) is 7.11 Å². The van der Waals surface area contributed by atoms with Gasteiger partial charge in [-0.25, -0.2) is 0 Å². The Hall–Kier alpha value is -0.240. The monoisotopic (exact) mass is 252 g/mol. The molecule has 0 aromatic heterocycles. The van der Waals surface area contributed by atoms with Gasteiger partial charge in [-0.3, -0.25) is 0 Å². The van der Waals surface area contributed by atoms with Crippen LogP contribution in [0.3, 0.4) is 0 Å². The molecule has 3 atom stereocenters. The van der Waals surface area contributed by atoms with Crippen molar-refractivity contribution in [3.05, 3.63) is 0 Å². The van der Waals surface area contributed by atoms with E-state index in [-0.39, 0.29) is 33.0 Å². The Morgan fingerprint density at radius 2 is 1.65 bits per heavy atom. The minimum absolute atomic E-state index is 0.0663. The van der Waals surface area contributed by atoms with Crippen LogP contribution >= 0.6 is 0 Å². The minimum Gasteiger partial charge on any atom is -0.394 e. The Morgan fingerprint density at radius 1 is 1.00 bits per heavy atom. The topological polar surface area (TPSA) is 88.4 Å². The number of aliphatic hydroxyl groups is 3. The number of methoxy groups -OCH3 is 1. The highest BCUT2D eigenvalue weighted by atomic mass is 16.5. The SMILES string of the molecule is CCC(O)COCC(O)COC(CO)COC. The summed E-state index contributed by atoms with van der Waals surface area (Å²) in [5, 5.41) is 27.6. The molecule has 0 amide bonds. The molecule has 0 aromatic carbocycles. The molecule has 0 radical (unpaired) electrons. The van der Waals surface area contributed by atoms with E-state index < -0.39 is 18.3 Å². The summed E-state index contributed by atoms with van der Waals surface area (Å²) in [6.45, 7) is 2.34. The molecule has 0 heterocycles. The Labute approximate surface area is 102 Å². The standard InChI is InChI=1S/C11H24O6/c1-3-9(13)5-16-6-10(14)7-17-11(4-12)8-15-2/h9-14H,3-8H2,1-2H3. The van der Waals surface area contributed by atoms with Gasteiger partial charge in [-0.15, -0.1) is 0 Å². The molecule has 0 aliphatic rings. The van der Waals surface area contributed by atoms with Crippen molar-refractivity contribution in [2.75, 3.05) is 40.1 Å². The number of hydrogen-bond donors (Lipinski definition) is 3. The number of ether oxygens (including phenoxy) is 3. The average molecular weight is 252 g/mol. The molecule has 6 nitrogen and oxygen atoms in total. The molecule has 3 unspecified atom stereocenters. The summed E-state index contributed by atoms with van der Waals surface area (Å²) in [4.78, 5) is 0. The Morgan fingerprint density at radius 3 is 2.18 bits per heavy atom. The molecule has 0 fully saturated rings. The number of hydrogen-bond acceptors (Lipinski definition) is 6. The van der Waals surface area contributed by atoms with Crippen LogP contribution in [0.5, 0.6) is 0 Å². The van der Waals surface area contributed by atoms with Crippen LogP contribution in [-0.4, -0.2) is 73.8 Å². The smallest absolute Gasteiger partial charge is 0.104 e. The van der Waals surface area contributed by atoms with Gasteiger partial charge in [0.15, 0.2) is 0 Å². The molecule has 3 N–H and O–H groups in total. The summed E-state index contributed by atoms with van der Waals surface area (Å²) in [5.41, 5.74) is 0. The van der Waals surface area contributed by atoms with E-state index in [0.29, 0.717) is 6.42 Å². The van der Waals surface area contributed by atoms with E-state index in [2.05, 4.69) is 0 Å². The molecule has 0 saturated carbocycles. The zero-order valence-electron chi connectivity index (χ0n) is 10.5. The lowest BCUT2D eigenvalue weighted by atomic mass is 10.3. The third kappa shape index (κ3) is 9.46. The van der Waals surface area contributed by atoms with Crippen molar-refractivity contribution in [1.82, 2.24) is 0 Å². The predicted molar refractivity (Wildman–Crippen MR) is 61.8 cm³/mol. The number of rotatable bonds is 11. The lowest BCUT2D eigenvalue weighted by Crippen LogP contribution is -2.30. The molecular weight excluding hydrogens is 228 g/mol. The van der Waals surface area contributed by atoms with Crippen LogP contribution in [0, 0.1) is 0 Å². The Kier molecular flexibility index (Phi) is 10.7. The van der Waals surface area contributed by atoms with Gasteiger partial charge in [0.1, 0.15) is 12.2 Å². The molecule has 0 spiro atoms. The lowest BCUT2D eigenvalue weighted by molar-refractivity contribution is -0.0829. The summed E-state index contributed by atoms with van der Waals surface area (Å²) in [7, 11) is 1.51. The van der Waals surface area contributed by atoms with Crippen LogP contribution < -0.4 is 0 Å². The first-order valence-corrected chi connectivity index (χ1v) is 5.79. The molecule has 0 aromatic rings. The van der Waals surface area contributed by atoms with E-state index in [0.717, 1.165) is 0 Å². The second-order valence-corrected chi connectivity index (χ2v) is 3.85. The first kappa shape index (κ1) is 16.8. The van der Waals surface area contributed by atoms with Gasteiger partial charge >= 0.3 is 0 Å². The molecule has 0 saturated heterocycles. The fourth-order valence-corrected chi connectivity index (χ4v) is 1.09. The van der Waals surface area contributed by atoms with Crippen LogP contribution in [0.4, 0.5) is 0 Å². The highest BCUT2D eigenvalue weighted by Crippen LogP contribution is 1.97. The molecule has 0 aliphatic carbocycles. The molecule has 0 aliphatic heterocycles. The lowest BCUT2D eigenvalue weighted by Gasteiger charge is -2.18. The van der Waals surface area contributed by atoms with Crippen LogP contribution in [0.25, 0.3) is 0 Å². The minimum atomic E-state index is -0.773. The van der Waals surface area contributed by atoms with Gasteiger partial charge < -0.3 is 29.5 Å². The molecule has 6 heteroatoms. The molecule has 0 bridgehead atoms. The fourth-order valence-electron chi connectivity index (χ4n) is 1.09. The molecule has 17 heavy (non-hydrogen) atoms. The Balaban J connectivity index is 3.53. The van der Waals surface area contributed by atoms with Crippen molar-refractivity contribution < 1.29 is 29.5 Å². The maximum absolute atomic E-state index is 9.49. The zero-order valence-corrected chi connectivity index (χ0v) is 10.5. The predicted octanol–water partition coefficient (Wildman–Crippen LogP) is -0.841. The van der Waals surface area contributed by atoms with Gasteiger partial charge in [0.2, 0.25) is 0 Å². The summed E-state index contributed by atoms with van der Waals surface area (Å²) in [6, 6.07) is 0. The van der Waals surface area contributed by atoms with Crippen molar-refractivity contribution >= 4 is 0 Å². The van der Waals surface area contributed by atoms with Gasteiger partial charge in [0, 0.05) is 7.11 Å². The van der Waals surface area contributed by atoms with Crippen LogP contribution in [0.15, 0.2) is 0 Å². The summed E-state index contributed by atoms with van der Waals surface area (Å²) < 4.78 is 15.1. The van der Waals surface area contributed by atoms with E-state index in [4.69, 9.17) is 19.3 Å². The maximum Gasteiger partial charge on any atom is 0.104 e. The highest BCUT2D eigenvalue weighted by Gasteiger charge is 2.12. The normalized spacial score (nSPS) is 16.8.